The summed E-state index contributed by atoms with van der Waals surface area (Å²) in [5, 5.41) is 6.96. The number of hydrogen-bond acceptors (Lipinski definition) is 3. The van der Waals surface area contributed by atoms with Gasteiger partial charge in [-0.05, 0) is 46.1 Å². The Hall–Kier alpha value is -0.410. The molecule has 17 heavy (non-hydrogen) atoms. The molecule has 0 amide bonds. The molecule has 0 radical (unpaired) electrons. The van der Waals surface area contributed by atoms with Gasteiger partial charge in [0.1, 0.15) is 0 Å². The Balaban J connectivity index is 2.41. The normalized spacial score (nSPS) is 13.1. The fourth-order valence-electron chi connectivity index (χ4n) is 1.76. The van der Waals surface area contributed by atoms with Gasteiger partial charge in [-0.25, -0.2) is 4.98 Å². The molecule has 1 aromatic rings. The van der Waals surface area contributed by atoms with Crippen LogP contribution in [0.2, 0.25) is 0 Å². The van der Waals surface area contributed by atoms with Gasteiger partial charge >= 0.3 is 0 Å². The van der Waals surface area contributed by atoms with Crippen LogP contribution in [0.25, 0.3) is 0 Å². The molecule has 0 atom stereocenters. The lowest BCUT2D eigenvalue weighted by molar-refractivity contribution is 0.302. The number of nitrogens with zero attached hydrogens (tertiary/aromatic N) is 1. The lowest BCUT2D eigenvalue weighted by Crippen LogP contribution is -2.38. The highest BCUT2D eigenvalue weighted by atomic mass is 32.1. The van der Waals surface area contributed by atoms with Crippen LogP contribution in [0.5, 0.6) is 0 Å². The third-order valence-electron chi connectivity index (χ3n) is 2.75. The van der Waals surface area contributed by atoms with Crippen molar-refractivity contribution in [1.82, 2.24) is 10.3 Å². The molecule has 1 aromatic heterocycles. The zero-order valence-electron chi connectivity index (χ0n) is 12.1. The number of thiazole rings is 1. The highest BCUT2D eigenvalue weighted by molar-refractivity contribution is 7.09. The second-order valence-electron chi connectivity index (χ2n) is 6.65. The number of rotatable bonds is 5. The summed E-state index contributed by atoms with van der Waals surface area (Å²) < 4.78 is 0. The van der Waals surface area contributed by atoms with Gasteiger partial charge in [-0.1, -0.05) is 13.8 Å². The minimum atomic E-state index is 0.216. The SMILES string of the molecule is Cc1csc(CC(C)(C)CCNC(C)(C)C)n1. The van der Waals surface area contributed by atoms with Gasteiger partial charge in [-0.3, -0.25) is 0 Å². The molecule has 0 bridgehead atoms. The topological polar surface area (TPSA) is 24.9 Å². The molecule has 0 aliphatic heterocycles. The summed E-state index contributed by atoms with van der Waals surface area (Å²) in [6.45, 7) is 14.4. The summed E-state index contributed by atoms with van der Waals surface area (Å²) in [6.07, 6.45) is 2.26. The van der Waals surface area contributed by atoms with Crippen LogP contribution in [-0.4, -0.2) is 17.1 Å². The van der Waals surface area contributed by atoms with E-state index in [1.165, 1.54) is 11.4 Å². The van der Waals surface area contributed by atoms with Crippen LogP contribution < -0.4 is 5.32 Å². The second-order valence-corrected chi connectivity index (χ2v) is 7.59. The maximum atomic E-state index is 4.55. The number of nitrogens with one attached hydrogen (secondary N) is 1. The fraction of sp³-hybridized carbons (Fsp3) is 0.786. The van der Waals surface area contributed by atoms with E-state index in [0.29, 0.717) is 5.41 Å². The zero-order valence-corrected chi connectivity index (χ0v) is 12.9. The van der Waals surface area contributed by atoms with Crippen molar-refractivity contribution >= 4 is 11.3 Å². The van der Waals surface area contributed by atoms with Gasteiger partial charge in [0.15, 0.2) is 0 Å². The van der Waals surface area contributed by atoms with E-state index in [1.54, 1.807) is 11.3 Å². The van der Waals surface area contributed by atoms with Crippen molar-refractivity contribution in [1.29, 1.82) is 0 Å². The Labute approximate surface area is 110 Å². The molecule has 0 saturated heterocycles. The second kappa shape index (κ2) is 5.49. The number of aromatic nitrogens is 1. The van der Waals surface area contributed by atoms with E-state index in [9.17, 15) is 0 Å². The van der Waals surface area contributed by atoms with Crippen molar-refractivity contribution in [3.63, 3.8) is 0 Å². The largest absolute Gasteiger partial charge is 0.312 e. The van der Waals surface area contributed by atoms with Crippen LogP contribution in [0, 0.1) is 12.3 Å². The van der Waals surface area contributed by atoms with Crippen molar-refractivity contribution in [3.8, 4) is 0 Å². The minimum Gasteiger partial charge on any atom is -0.312 e. The van der Waals surface area contributed by atoms with E-state index < -0.39 is 0 Å². The number of hydrogen-bond donors (Lipinski definition) is 1. The molecular weight excluding hydrogens is 228 g/mol. The molecule has 3 heteroatoms. The molecule has 0 unspecified atom stereocenters. The Morgan fingerprint density at radius 2 is 1.88 bits per heavy atom. The molecule has 1 N–H and O–H groups in total. The first-order valence-corrected chi connectivity index (χ1v) is 7.22. The molecule has 0 aromatic carbocycles. The van der Waals surface area contributed by atoms with Crippen molar-refractivity contribution < 1.29 is 0 Å². The van der Waals surface area contributed by atoms with Crippen LogP contribution in [0.1, 0.15) is 51.7 Å². The Morgan fingerprint density at radius 3 is 2.35 bits per heavy atom. The Bertz CT molecular complexity index is 347. The van der Waals surface area contributed by atoms with Crippen LogP contribution in [0.15, 0.2) is 5.38 Å². The molecule has 1 rings (SSSR count). The summed E-state index contributed by atoms with van der Waals surface area (Å²) >= 11 is 1.78. The molecule has 0 fully saturated rings. The van der Waals surface area contributed by atoms with Crippen molar-refractivity contribution in [2.24, 2.45) is 5.41 Å². The van der Waals surface area contributed by atoms with E-state index in [-0.39, 0.29) is 5.54 Å². The average Bonchev–Trinajstić information content (AvgIpc) is 2.47. The van der Waals surface area contributed by atoms with E-state index in [0.717, 1.165) is 18.7 Å². The van der Waals surface area contributed by atoms with E-state index in [1.807, 2.05) is 0 Å². The van der Waals surface area contributed by atoms with Crippen molar-refractivity contribution in [3.05, 3.63) is 16.1 Å². The van der Waals surface area contributed by atoms with Gasteiger partial charge < -0.3 is 5.32 Å². The summed E-state index contributed by atoms with van der Waals surface area (Å²) in [6, 6.07) is 0. The average molecular weight is 254 g/mol. The zero-order chi connectivity index (χ0) is 13.1. The van der Waals surface area contributed by atoms with Crippen LogP contribution in [0.4, 0.5) is 0 Å². The molecule has 0 saturated carbocycles. The van der Waals surface area contributed by atoms with Crippen LogP contribution >= 0.6 is 11.3 Å². The molecule has 1 heterocycles. The van der Waals surface area contributed by atoms with Gasteiger partial charge in [-0.2, -0.15) is 0 Å². The molecule has 0 spiro atoms. The quantitative estimate of drug-likeness (QED) is 0.864. The van der Waals surface area contributed by atoms with E-state index >= 15 is 0 Å². The molecule has 0 aliphatic rings. The predicted molar refractivity (Wildman–Crippen MR) is 76.7 cm³/mol. The molecule has 98 valence electrons. The monoisotopic (exact) mass is 254 g/mol. The van der Waals surface area contributed by atoms with Crippen LogP contribution in [-0.2, 0) is 6.42 Å². The lowest BCUT2D eigenvalue weighted by Gasteiger charge is -2.27. The lowest BCUT2D eigenvalue weighted by atomic mass is 9.85. The maximum absolute atomic E-state index is 4.55. The predicted octanol–water partition coefficient (Wildman–Crippen LogP) is 3.80. The highest BCUT2D eigenvalue weighted by Crippen LogP contribution is 2.27. The standard InChI is InChI=1S/C14H26N2S/c1-11-10-17-12(16-11)9-14(5,6)7-8-15-13(2,3)4/h10,15H,7-9H2,1-6H3. The summed E-state index contributed by atoms with van der Waals surface area (Å²) in [7, 11) is 0. The first-order chi connectivity index (χ1) is 7.68. The van der Waals surface area contributed by atoms with Crippen molar-refractivity contribution in [2.45, 2.75) is 59.9 Å². The molecule has 2 nitrogen and oxygen atoms in total. The van der Waals surface area contributed by atoms with Gasteiger partial charge in [0.25, 0.3) is 0 Å². The Morgan fingerprint density at radius 1 is 1.24 bits per heavy atom. The van der Waals surface area contributed by atoms with Crippen molar-refractivity contribution in [2.75, 3.05) is 6.54 Å². The highest BCUT2D eigenvalue weighted by Gasteiger charge is 2.21. The maximum Gasteiger partial charge on any atom is 0.0933 e. The Kier molecular flexibility index (Phi) is 4.73. The van der Waals surface area contributed by atoms with E-state index in [4.69, 9.17) is 0 Å². The number of aryl methyl sites for hydroxylation is 1. The third-order valence-corrected chi connectivity index (χ3v) is 3.72. The summed E-state index contributed by atoms with van der Waals surface area (Å²) in [5.41, 5.74) is 1.68. The first kappa shape index (κ1) is 14.7. The molecule has 0 aliphatic carbocycles. The van der Waals surface area contributed by atoms with Crippen LogP contribution in [0.3, 0.4) is 0 Å². The fourth-order valence-corrected chi connectivity index (χ4v) is 2.79. The minimum absolute atomic E-state index is 0.216. The summed E-state index contributed by atoms with van der Waals surface area (Å²) in [5.74, 6) is 0. The first-order valence-electron chi connectivity index (χ1n) is 6.34. The molecular formula is C14H26N2S. The third kappa shape index (κ3) is 6.18. The van der Waals surface area contributed by atoms with Gasteiger partial charge in [0.05, 0.1) is 5.01 Å². The van der Waals surface area contributed by atoms with Gasteiger partial charge in [0.2, 0.25) is 0 Å². The summed E-state index contributed by atoms with van der Waals surface area (Å²) in [4.78, 5) is 4.55. The van der Waals surface area contributed by atoms with E-state index in [2.05, 4.69) is 57.2 Å². The smallest absolute Gasteiger partial charge is 0.0933 e. The van der Waals surface area contributed by atoms with Gasteiger partial charge in [0, 0.05) is 23.0 Å². The van der Waals surface area contributed by atoms with Gasteiger partial charge in [-0.15, -0.1) is 11.3 Å².